The number of ether oxygens (including phenoxy) is 5. The molecular weight excluding hydrogens is 510 g/mol. The van der Waals surface area contributed by atoms with Gasteiger partial charge in [0.1, 0.15) is 12.4 Å². The summed E-state index contributed by atoms with van der Waals surface area (Å²) < 4.78 is 28.0. The van der Waals surface area contributed by atoms with Crippen LogP contribution >= 0.6 is 0 Å². The maximum atomic E-state index is 14.0. The van der Waals surface area contributed by atoms with Gasteiger partial charge in [-0.25, -0.2) is 4.79 Å². The summed E-state index contributed by atoms with van der Waals surface area (Å²) in [4.78, 5) is 27.5. The molecule has 0 amide bonds. The molecule has 2 aliphatic rings. The van der Waals surface area contributed by atoms with Gasteiger partial charge in [-0.3, -0.25) is 4.79 Å². The summed E-state index contributed by atoms with van der Waals surface area (Å²) in [7, 11) is 3.20. The fourth-order valence-corrected chi connectivity index (χ4v) is 5.46. The molecule has 214 valence electrons. The number of dihydropyridines is 1. The lowest BCUT2D eigenvalue weighted by Gasteiger charge is -2.37. The Bertz CT molecular complexity index is 1310. The number of methoxy groups -OCH3 is 2. The summed E-state index contributed by atoms with van der Waals surface area (Å²) in [5.74, 6) is 0.712. The summed E-state index contributed by atoms with van der Waals surface area (Å²) in [5, 5.41) is 3.40. The highest BCUT2D eigenvalue weighted by atomic mass is 16.6. The van der Waals surface area contributed by atoms with Crippen molar-refractivity contribution in [2.24, 2.45) is 0 Å². The smallest absolute Gasteiger partial charge is 0.336 e. The second-order valence-corrected chi connectivity index (χ2v) is 10.2. The maximum Gasteiger partial charge on any atom is 0.336 e. The third-order valence-electron chi connectivity index (χ3n) is 7.18. The number of ketones is 1. The number of carbonyl (C=O) groups excluding carboxylic acids is 2. The van der Waals surface area contributed by atoms with Gasteiger partial charge in [0.15, 0.2) is 17.3 Å². The van der Waals surface area contributed by atoms with Crippen LogP contribution in [0, 0.1) is 0 Å². The van der Waals surface area contributed by atoms with Gasteiger partial charge in [0.25, 0.3) is 0 Å². The van der Waals surface area contributed by atoms with Crippen LogP contribution in [-0.2, 0) is 19.1 Å². The highest BCUT2D eigenvalue weighted by Gasteiger charge is 2.42. The van der Waals surface area contributed by atoms with Crippen LogP contribution < -0.4 is 19.5 Å². The molecule has 8 heteroatoms. The Morgan fingerprint density at radius 1 is 1.00 bits per heavy atom. The molecule has 40 heavy (non-hydrogen) atoms. The van der Waals surface area contributed by atoms with Gasteiger partial charge in [-0.05, 0) is 63.8 Å². The molecule has 2 aromatic carbocycles. The van der Waals surface area contributed by atoms with Crippen molar-refractivity contribution in [1.29, 1.82) is 0 Å². The van der Waals surface area contributed by atoms with Gasteiger partial charge in [0, 0.05) is 35.6 Å². The van der Waals surface area contributed by atoms with Crippen molar-refractivity contribution in [3.05, 3.63) is 76.1 Å². The first-order chi connectivity index (χ1) is 19.3. The first-order valence-corrected chi connectivity index (χ1v) is 13.7. The van der Waals surface area contributed by atoms with Crippen LogP contribution in [0.5, 0.6) is 17.2 Å². The van der Waals surface area contributed by atoms with Crippen LogP contribution in [0.15, 0.2) is 65.0 Å². The van der Waals surface area contributed by atoms with E-state index in [2.05, 4.69) is 5.32 Å². The van der Waals surface area contributed by atoms with Gasteiger partial charge >= 0.3 is 5.97 Å². The number of rotatable bonds is 11. The van der Waals surface area contributed by atoms with E-state index in [1.54, 1.807) is 14.2 Å². The predicted octanol–water partition coefficient (Wildman–Crippen LogP) is 5.43. The van der Waals surface area contributed by atoms with Crippen molar-refractivity contribution in [3.63, 3.8) is 0 Å². The lowest BCUT2D eigenvalue weighted by molar-refractivity contribution is -0.140. The van der Waals surface area contributed by atoms with Crippen LogP contribution in [0.3, 0.4) is 0 Å². The van der Waals surface area contributed by atoms with Crippen molar-refractivity contribution in [3.8, 4) is 17.2 Å². The number of hydrogen-bond acceptors (Lipinski definition) is 8. The van der Waals surface area contributed by atoms with Gasteiger partial charge in [0.05, 0.1) is 38.4 Å². The van der Waals surface area contributed by atoms with Crippen LogP contribution in [0.1, 0.15) is 63.5 Å². The average Bonchev–Trinajstić information content (AvgIpc) is 2.94. The van der Waals surface area contributed by atoms with Crippen LogP contribution in [0.4, 0.5) is 0 Å². The second-order valence-electron chi connectivity index (χ2n) is 10.2. The van der Waals surface area contributed by atoms with Crippen molar-refractivity contribution in [1.82, 2.24) is 5.32 Å². The number of benzene rings is 2. The third kappa shape index (κ3) is 6.17. The zero-order valence-corrected chi connectivity index (χ0v) is 24.2. The number of allylic oxidation sites excluding steroid dienone is 3. The summed E-state index contributed by atoms with van der Waals surface area (Å²) in [6, 6.07) is 13.4. The Morgan fingerprint density at radius 3 is 2.45 bits per heavy atom. The lowest BCUT2D eigenvalue weighted by Crippen LogP contribution is -2.36. The van der Waals surface area contributed by atoms with E-state index in [4.69, 9.17) is 23.7 Å². The molecule has 2 atom stereocenters. The summed E-state index contributed by atoms with van der Waals surface area (Å²) in [5.41, 5.74) is 4.21. The van der Waals surface area contributed by atoms with E-state index >= 15 is 0 Å². The van der Waals surface area contributed by atoms with Gasteiger partial charge in [-0.1, -0.05) is 24.3 Å². The van der Waals surface area contributed by atoms with E-state index in [9.17, 15) is 9.59 Å². The molecular formula is C32H39NO7. The Labute approximate surface area is 236 Å². The fraction of sp³-hybridized carbons (Fsp3) is 0.438. The van der Waals surface area contributed by atoms with E-state index in [1.165, 1.54) is 0 Å². The molecule has 4 rings (SSSR count). The Morgan fingerprint density at radius 2 is 1.75 bits per heavy atom. The highest BCUT2D eigenvalue weighted by molar-refractivity contribution is 6.04. The molecule has 1 aliphatic heterocycles. The molecule has 0 spiro atoms. The maximum absolute atomic E-state index is 14.0. The predicted molar refractivity (Wildman–Crippen MR) is 152 cm³/mol. The Hall–Kier alpha value is -3.78. The molecule has 2 aromatic rings. The zero-order valence-electron chi connectivity index (χ0n) is 24.2. The van der Waals surface area contributed by atoms with E-state index in [-0.39, 0.29) is 24.4 Å². The normalized spacial score (nSPS) is 18.8. The number of hydrogen-bond donors (Lipinski definition) is 1. The standard InChI is InChI=1S/C32H39NO7/c1-7-38-14-15-39-32(35)29-20(4)33-24-16-22(21-12-13-27(36-5)28(18-21)37-6)17-25(34)31(24)30(29)23-10-8-9-11-26(23)40-19(2)3/h8-13,18-19,22,30,33H,7,14-17H2,1-6H3/t22-,30+/m1/s1. The Kier molecular flexibility index (Phi) is 9.53. The number of esters is 1. The lowest BCUT2D eigenvalue weighted by atomic mass is 9.71. The number of nitrogens with one attached hydrogen (secondary N) is 1. The molecule has 1 aliphatic carbocycles. The van der Waals surface area contributed by atoms with Crippen LogP contribution in [0.2, 0.25) is 0 Å². The van der Waals surface area contributed by atoms with Crippen LogP contribution in [0.25, 0.3) is 0 Å². The van der Waals surface area contributed by atoms with Gasteiger partial charge < -0.3 is 29.0 Å². The zero-order chi connectivity index (χ0) is 28.8. The highest BCUT2D eigenvalue weighted by Crippen LogP contribution is 2.48. The van der Waals surface area contributed by atoms with Crippen molar-refractivity contribution in [2.45, 2.75) is 58.5 Å². The summed E-state index contributed by atoms with van der Waals surface area (Å²) in [6.45, 7) is 8.61. The monoisotopic (exact) mass is 549 g/mol. The minimum Gasteiger partial charge on any atom is -0.493 e. The van der Waals surface area contributed by atoms with Gasteiger partial charge in [-0.2, -0.15) is 0 Å². The van der Waals surface area contributed by atoms with Gasteiger partial charge in [-0.15, -0.1) is 0 Å². The Balaban J connectivity index is 1.76. The van der Waals surface area contributed by atoms with Crippen molar-refractivity contribution in [2.75, 3.05) is 34.0 Å². The first-order valence-electron chi connectivity index (χ1n) is 13.7. The molecule has 0 saturated carbocycles. The summed E-state index contributed by atoms with van der Waals surface area (Å²) >= 11 is 0. The molecule has 1 N–H and O–H groups in total. The number of carbonyl (C=O) groups is 2. The average molecular weight is 550 g/mol. The minimum atomic E-state index is -0.621. The first kappa shape index (κ1) is 29.2. The van der Waals surface area contributed by atoms with E-state index < -0.39 is 11.9 Å². The minimum absolute atomic E-state index is 0.0231. The molecule has 0 bridgehead atoms. The van der Waals surface area contributed by atoms with Crippen LogP contribution in [-0.4, -0.2) is 51.9 Å². The molecule has 0 fully saturated rings. The molecule has 1 heterocycles. The molecule has 0 unspecified atom stereocenters. The van der Waals surface area contributed by atoms with Crippen molar-refractivity contribution < 1.29 is 33.3 Å². The SMILES string of the molecule is CCOCCOC(=O)C1=C(C)NC2=C(C(=O)C[C@H](c3ccc(OC)c(OC)c3)C2)[C@H]1c1ccccc1OC(C)C. The van der Waals surface area contributed by atoms with Crippen molar-refractivity contribution >= 4 is 11.8 Å². The second kappa shape index (κ2) is 13.0. The van der Waals surface area contributed by atoms with E-state index in [1.807, 2.05) is 70.2 Å². The summed E-state index contributed by atoms with van der Waals surface area (Å²) in [6.07, 6.45) is 0.815. The molecule has 0 aromatic heterocycles. The number of Topliss-reactive ketones (excluding diaryl/α,β-unsaturated/α-hetero) is 1. The molecule has 8 nitrogen and oxygen atoms in total. The number of para-hydroxylation sites is 1. The molecule has 0 radical (unpaired) electrons. The van der Waals surface area contributed by atoms with E-state index in [0.29, 0.717) is 60.1 Å². The third-order valence-corrected chi connectivity index (χ3v) is 7.18. The van der Waals surface area contributed by atoms with E-state index in [0.717, 1.165) is 16.8 Å². The fourth-order valence-electron chi connectivity index (χ4n) is 5.46. The molecule has 0 saturated heterocycles. The van der Waals surface area contributed by atoms with Gasteiger partial charge in [0.2, 0.25) is 0 Å². The quantitative estimate of drug-likeness (QED) is 0.293. The topological polar surface area (TPSA) is 92.3 Å². The largest absolute Gasteiger partial charge is 0.493 e.